The van der Waals surface area contributed by atoms with Gasteiger partial charge in [0.15, 0.2) is 19.7 Å². The first-order valence-corrected chi connectivity index (χ1v) is 13.5. The molecule has 1 aromatic carbocycles. The first kappa shape index (κ1) is 19.8. The fraction of sp³-hybridized carbons (Fsp3) is 0.625. The molecule has 1 saturated heterocycles. The van der Waals surface area contributed by atoms with Crippen molar-refractivity contribution < 1.29 is 25.3 Å². The van der Waals surface area contributed by atoms with Crippen LogP contribution in [0.4, 0.5) is 0 Å². The van der Waals surface area contributed by atoms with Crippen LogP contribution in [0, 0.1) is 0 Å². The lowest BCUT2D eigenvalue weighted by molar-refractivity contribution is 0.412. The van der Waals surface area contributed by atoms with Crippen molar-refractivity contribution in [1.29, 1.82) is 0 Å². The Kier molecular flexibility index (Phi) is 5.49. The number of rotatable bonds is 5. The molecule has 0 radical (unpaired) electrons. The van der Waals surface area contributed by atoms with Crippen LogP contribution in [0.1, 0.15) is 38.5 Å². The van der Waals surface area contributed by atoms with E-state index in [0.717, 1.165) is 38.2 Å². The molecule has 1 heterocycles. The van der Waals surface area contributed by atoms with Crippen molar-refractivity contribution in [2.24, 2.45) is 0 Å². The second-order valence-electron chi connectivity index (χ2n) is 7.00. The van der Waals surface area contributed by atoms with Crippen LogP contribution in [-0.2, 0) is 29.7 Å². The lowest BCUT2D eigenvalue weighted by Gasteiger charge is -2.22. The predicted molar refractivity (Wildman–Crippen MR) is 97.9 cm³/mol. The highest BCUT2D eigenvalue weighted by molar-refractivity contribution is 7.96. The van der Waals surface area contributed by atoms with Crippen molar-refractivity contribution >= 4 is 29.7 Å². The summed E-state index contributed by atoms with van der Waals surface area (Å²) >= 11 is 0. The van der Waals surface area contributed by atoms with Crippen LogP contribution < -0.4 is 4.72 Å². The molecule has 10 heteroatoms. The van der Waals surface area contributed by atoms with Crippen LogP contribution in [0.5, 0.6) is 0 Å². The lowest BCUT2D eigenvalue weighted by atomic mass is 9.96. The third-order valence-electron chi connectivity index (χ3n) is 5.00. The maximum absolute atomic E-state index is 12.7. The summed E-state index contributed by atoms with van der Waals surface area (Å²) in [5.74, 6) is -0.565. The highest BCUT2D eigenvalue weighted by Gasteiger charge is 2.38. The SMILES string of the molecule is O=S1(=O)CCC(S(=O)(=O)c2cccc(S(=O)(=O)NC3CCCCC3)c2)C1. The molecule has 1 atom stereocenters. The average molecular weight is 422 g/mol. The molecule has 1 aliphatic heterocycles. The Balaban J connectivity index is 1.85. The zero-order chi connectivity index (χ0) is 19.0. The number of nitrogens with one attached hydrogen (secondary N) is 1. The van der Waals surface area contributed by atoms with Crippen molar-refractivity contribution in [1.82, 2.24) is 4.72 Å². The molecule has 0 spiro atoms. The van der Waals surface area contributed by atoms with Crippen LogP contribution in [0.2, 0.25) is 0 Å². The van der Waals surface area contributed by atoms with E-state index >= 15 is 0 Å². The van der Waals surface area contributed by atoms with Crippen LogP contribution in [0.25, 0.3) is 0 Å². The summed E-state index contributed by atoms with van der Waals surface area (Å²) in [4.78, 5) is -0.254. The monoisotopic (exact) mass is 421 g/mol. The van der Waals surface area contributed by atoms with E-state index in [0.29, 0.717) is 0 Å². The minimum absolute atomic E-state index is 0.0436. The summed E-state index contributed by atoms with van der Waals surface area (Å²) < 4.78 is 76.5. The minimum Gasteiger partial charge on any atom is -0.229 e. The molecule has 1 unspecified atom stereocenters. The van der Waals surface area contributed by atoms with E-state index in [1.54, 1.807) is 0 Å². The fourth-order valence-electron chi connectivity index (χ4n) is 3.52. The molecular weight excluding hydrogens is 398 g/mol. The van der Waals surface area contributed by atoms with Gasteiger partial charge >= 0.3 is 0 Å². The number of hydrogen-bond donors (Lipinski definition) is 1. The number of sulfonamides is 1. The summed E-state index contributed by atoms with van der Waals surface area (Å²) in [6, 6.07) is 5.06. The predicted octanol–water partition coefficient (Wildman–Crippen LogP) is 1.26. The molecule has 1 aliphatic carbocycles. The Bertz CT molecular complexity index is 977. The third-order valence-corrected chi connectivity index (χ3v) is 10.7. The molecule has 3 rings (SSSR count). The van der Waals surface area contributed by atoms with Gasteiger partial charge in [-0.25, -0.2) is 30.0 Å². The van der Waals surface area contributed by atoms with E-state index in [4.69, 9.17) is 0 Å². The second-order valence-corrected chi connectivity index (χ2v) is 13.2. The highest BCUT2D eigenvalue weighted by atomic mass is 32.2. The molecule has 0 aromatic heterocycles. The summed E-state index contributed by atoms with van der Waals surface area (Å²) in [6.07, 6.45) is 4.63. The Morgan fingerprint density at radius 1 is 0.923 bits per heavy atom. The number of hydrogen-bond acceptors (Lipinski definition) is 6. The van der Waals surface area contributed by atoms with E-state index in [1.807, 2.05) is 0 Å². The van der Waals surface area contributed by atoms with Crippen molar-refractivity contribution in [2.45, 2.75) is 59.6 Å². The van der Waals surface area contributed by atoms with E-state index in [9.17, 15) is 25.3 Å². The van der Waals surface area contributed by atoms with Crippen molar-refractivity contribution in [3.8, 4) is 0 Å². The van der Waals surface area contributed by atoms with Crippen molar-refractivity contribution in [2.75, 3.05) is 11.5 Å². The molecule has 1 saturated carbocycles. The topological polar surface area (TPSA) is 114 Å². The van der Waals surface area contributed by atoms with Gasteiger partial charge in [-0.2, -0.15) is 0 Å². The zero-order valence-electron chi connectivity index (χ0n) is 14.3. The quantitative estimate of drug-likeness (QED) is 0.765. The molecule has 2 aliphatic rings. The molecule has 26 heavy (non-hydrogen) atoms. The van der Waals surface area contributed by atoms with Gasteiger partial charge in [-0.15, -0.1) is 0 Å². The zero-order valence-corrected chi connectivity index (χ0v) is 16.7. The second kappa shape index (κ2) is 7.21. The molecule has 0 bridgehead atoms. The van der Waals surface area contributed by atoms with E-state index in [-0.39, 0.29) is 28.0 Å². The van der Waals surface area contributed by atoms with Crippen molar-refractivity contribution in [3.05, 3.63) is 24.3 Å². The van der Waals surface area contributed by atoms with Gasteiger partial charge in [0.25, 0.3) is 0 Å². The molecular formula is C16H23NO6S3. The maximum Gasteiger partial charge on any atom is 0.240 e. The minimum atomic E-state index is -3.90. The largest absolute Gasteiger partial charge is 0.240 e. The van der Waals surface area contributed by atoms with Gasteiger partial charge in [-0.3, -0.25) is 0 Å². The smallest absolute Gasteiger partial charge is 0.229 e. The molecule has 146 valence electrons. The normalized spacial score (nSPS) is 24.5. The number of sulfone groups is 2. The molecule has 7 nitrogen and oxygen atoms in total. The summed E-state index contributed by atoms with van der Waals surface area (Å²) in [5.41, 5.74) is 0. The van der Waals surface area contributed by atoms with Gasteiger partial charge in [0, 0.05) is 6.04 Å². The molecule has 0 amide bonds. The lowest BCUT2D eigenvalue weighted by Crippen LogP contribution is -2.36. The summed E-state index contributed by atoms with van der Waals surface area (Å²) in [5, 5.41) is -1.02. The van der Waals surface area contributed by atoms with Crippen molar-refractivity contribution in [3.63, 3.8) is 0 Å². The summed E-state index contributed by atoms with van der Waals surface area (Å²) in [6.45, 7) is 0. The summed E-state index contributed by atoms with van der Waals surface area (Å²) in [7, 11) is -11.1. The van der Waals surface area contributed by atoms with Gasteiger partial charge in [-0.1, -0.05) is 25.3 Å². The standard InChI is InChI=1S/C16H23NO6S3/c18-24(19)10-9-16(12-24)25(20,21)14-7-4-8-15(11-14)26(22,23)17-13-5-2-1-3-6-13/h4,7-8,11,13,16-17H,1-3,5-6,9-10,12H2. The van der Waals surface area contributed by atoms with Gasteiger partial charge in [0.2, 0.25) is 10.0 Å². The van der Waals surface area contributed by atoms with Crippen LogP contribution in [-0.4, -0.2) is 48.1 Å². The Morgan fingerprint density at radius 3 is 2.19 bits per heavy atom. The third kappa shape index (κ3) is 4.29. The molecule has 2 fully saturated rings. The first-order chi connectivity index (χ1) is 12.1. The maximum atomic E-state index is 12.7. The van der Waals surface area contributed by atoms with Crippen LogP contribution >= 0.6 is 0 Å². The van der Waals surface area contributed by atoms with Crippen LogP contribution in [0.15, 0.2) is 34.1 Å². The highest BCUT2D eigenvalue weighted by Crippen LogP contribution is 2.27. The average Bonchev–Trinajstić information content (AvgIpc) is 2.96. The Morgan fingerprint density at radius 2 is 1.58 bits per heavy atom. The number of benzene rings is 1. The Hall–Kier alpha value is -0.970. The molecule has 1 aromatic rings. The molecule has 1 N–H and O–H groups in total. The van der Waals surface area contributed by atoms with Crippen LogP contribution in [0.3, 0.4) is 0 Å². The van der Waals surface area contributed by atoms with E-state index in [2.05, 4.69) is 4.72 Å². The fourth-order valence-corrected chi connectivity index (χ4v) is 9.35. The van der Waals surface area contributed by atoms with Gasteiger partial charge < -0.3 is 0 Å². The Labute approximate surface area is 155 Å². The van der Waals surface area contributed by atoms with E-state index < -0.39 is 40.7 Å². The van der Waals surface area contributed by atoms with Gasteiger partial charge in [0.05, 0.1) is 26.5 Å². The first-order valence-electron chi connectivity index (χ1n) is 8.67. The van der Waals surface area contributed by atoms with Gasteiger partial charge in [-0.05, 0) is 37.5 Å². The van der Waals surface area contributed by atoms with E-state index in [1.165, 1.54) is 18.2 Å². The van der Waals surface area contributed by atoms with Gasteiger partial charge in [0.1, 0.15) is 0 Å².